The van der Waals surface area contributed by atoms with Crippen LogP contribution in [0.3, 0.4) is 0 Å². The van der Waals surface area contributed by atoms with Gasteiger partial charge in [0.2, 0.25) is 0 Å². The molecule has 94 valence electrons. The molecule has 3 nitrogen and oxygen atoms in total. The summed E-state index contributed by atoms with van der Waals surface area (Å²) in [6, 6.07) is -0.0547. The Bertz CT molecular complexity index is 193. The Balaban J connectivity index is 1.94. The van der Waals surface area contributed by atoms with Crippen LogP contribution in [-0.2, 0) is 0 Å². The molecule has 1 rings (SSSR count). The van der Waals surface area contributed by atoms with E-state index in [0.717, 1.165) is 25.3 Å². The highest BCUT2D eigenvalue weighted by molar-refractivity contribution is 6.17. The molecule has 1 saturated carbocycles. The number of amides is 2. The highest BCUT2D eigenvalue weighted by Gasteiger charge is 2.12. The Labute approximate surface area is 103 Å². The molecule has 4 heteroatoms. The topological polar surface area (TPSA) is 41.1 Å². The van der Waals surface area contributed by atoms with Crippen LogP contribution in [0, 0.1) is 5.92 Å². The Morgan fingerprint density at radius 3 is 2.50 bits per heavy atom. The van der Waals surface area contributed by atoms with E-state index in [-0.39, 0.29) is 6.03 Å². The predicted octanol–water partition coefficient (Wildman–Crippen LogP) is 2.88. The molecular formula is C12H23ClN2O. The zero-order valence-electron chi connectivity index (χ0n) is 9.93. The molecule has 0 aromatic carbocycles. The second kappa shape index (κ2) is 8.68. The molecule has 0 radical (unpaired) electrons. The molecule has 1 aliphatic rings. The molecule has 1 fully saturated rings. The third-order valence-corrected chi connectivity index (χ3v) is 3.43. The van der Waals surface area contributed by atoms with Crippen molar-refractivity contribution in [2.45, 2.75) is 44.9 Å². The first-order valence-corrected chi connectivity index (χ1v) is 6.94. The zero-order valence-corrected chi connectivity index (χ0v) is 10.7. The van der Waals surface area contributed by atoms with Gasteiger partial charge in [0.1, 0.15) is 0 Å². The van der Waals surface area contributed by atoms with E-state index < -0.39 is 0 Å². The number of rotatable bonds is 6. The Hall–Kier alpha value is -0.440. The number of halogens is 1. The van der Waals surface area contributed by atoms with E-state index in [4.69, 9.17) is 11.6 Å². The maximum absolute atomic E-state index is 11.3. The van der Waals surface area contributed by atoms with Crippen molar-refractivity contribution in [1.29, 1.82) is 0 Å². The molecule has 0 aromatic heterocycles. The van der Waals surface area contributed by atoms with Crippen LogP contribution in [0.25, 0.3) is 0 Å². The van der Waals surface area contributed by atoms with Crippen LogP contribution >= 0.6 is 11.6 Å². The van der Waals surface area contributed by atoms with Crippen molar-refractivity contribution in [3.8, 4) is 0 Å². The SMILES string of the molecule is O=C(NCCCCl)NCCC1CCCCC1. The number of nitrogens with one attached hydrogen (secondary N) is 2. The van der Waals surface area contributed by atoms with E-state index in [2.05, 4.69) is 10.6 Å². The minimum Gasteiger partial charge on any atom is -0.338 e. The molecule has 2 N–H and O–H groups in total. The number of alkyl halides is 1. The minimum atomic E-state index is -0.0547. The second-order valence-electron chi connectivity index (χ2n) is 4.52. The van der Waals surface area contributed by atoms with E-state index in [1.54, 1.807) is 0 Å². The molecule has 1 aliphatic carbocycles. The summed E-state index contributed by atoms with van der Waals surface area (Å²) in [6.45, 7) is 1.47. The fraction of sp³-hybridized carbons (Fsp3) is 0.917. The number of hydrogen-bond acceptors (Lipinski definition) is 1. The monoisotopic (exact) mass is 246 g/mol. The van der Waals surface area contributed by atoms with E-state index in [1.807, 2.05) is 0 Å². The van der Waals surface area contributed by atoms with Crippen molar-refractivity contribution in [3.05, 3.63) is 0 Å². The fourth-order valence-corrected chi connectivity index (χ4v) is 2.33. The molecular weight excluding hydrogens is 224 g/mol. The third kappa shape index (κ3) is 6.21. The average molecular weight is 247 g/mol. The van der Waals surface area contributed by atoms with Gasteiger partial charge in [-0.25, -0.2) is 4.79 Å². The van der Waals surface area contributed by atoms with E-state index >= 15 is 0 Å². The lowest BCUT2D eigenvalue weighted by Crippen LogP contribution is -2.37. The van der Waals surface area contributed by atoms with Gasteiger partial charge >= 0.3 is 6.03 Å². The molecule has 0 heterocycles. The summed E-state index contributed by atoms with van der Waals surface area (Å²) >= 11 is 5.52. The predicted molar refractivity (Wildman–Crippen MR) is 67.9 cm³/mol. The summed E-state index contributed by atoms with van der Waals surface area (Å²) in [5.74, 6) is 1.43. The Morgan fingerprint density at radius 1 is 1.12 bits per heavy atom. The summed E-state index contributed by atoms with van der Waals surface area (Å²) in [4.78, 5) is 11.3. The van der Waals surface area contributed by atoms with Gasteiger partial charge in [-0.1, -0.05) is 32.1 Å². The van der Waals surface area contributed by atoms with Crippen LogP contribution in [-0.4, -0.2) is 25.0 Å². The number of urea groups is 1. The molecule has 0 saturated heterocycles. The third-order valence-electron chi connectivity index (χ3n) is 3.16. The number of carbonyl (C=O) groups is 1. The molecule has 0 bridgehead atoms. The van der Waals surface area contributed by atoms with Crippen LogP contribution in [0.15, 0.2) is 0 Å². The lowest BCUT2D eigenvalue weighted by atomic mass is 9.87. The average Bonchev–Trinajstić information content (AvgIpc) is 2.31. The van der Waals surface area contributed by atoms with Crippen LogP contribution in [0.4, 0.5) is 4.79 Å². The maximum atomic E-state index is 11.3. The van der Waals surface area contributed by atoms with Crippen molar-refractivity contribution >= 4 is 17.6 Å². The van der Waals surface area contributed by atoms with Crippen LogP contribution < -0.4 is 10.6 Å². The van der Waals surface area contributed by atoms with Crippen molar-refractivity contribution in [2.24, 2.45) is 5.92 Å². The van der Waals surface area contributed by atoms with Crippen LogP contribution in [0.2, 0.25) is 0 Å². The Morgan fingerprint density at radius 2 is 1.81 bits per heavy atom. The van der Waals surface area contributed by atoms with Gasteiger partial charge in [0.15, 0.2) is 0 Å². The number of hydrogen-bond donors (Lipinski definition) is 2. The molecule has 0 unspecified atom stereocenters. The molecule has 0 spiro atoms. The quantitative estimate of drug-likeness (QED) is 0.549. The van der Waals surface area contributed by atoms with Gasteiger partial charge in [-0.15, -0.1) is 11.6 Å². The zero-order chi connectivity index (χ0) is 11.6. The van der Waals surface area contributed by atoms with Crippen molar-refractivity contribution in [2.75, 3.05) is 19.0 Å². The summed E-state index contributed by atoms with van der Waals surface area (Å²) in [5.41, 5.74) is 0. The summed E-state index contributed by atoms with van der Waals surface area (Å²) in [6.07, 6.45) is 8.77. The van der Waals surface area contributed by atoms with Gasteiger partial charge in [-0.2, -0.15) is 0 Å². The summed E-state index contributed by atoms with van der Waals surface area (Å²) in [5, 5.41) is 5.68. The van der Waals surface area contributed by atoms with Gasteiger partial charge in [0.25, 0.3) is 0 Å². The van der Waals surface area contributed by atoms with E-state index in [9.17, 15) is 4.79 Å². The largest absolute Gasteiger partial charge is 0.338 e. The lowest BCUT2D eigenvalue weighted by molar-refractivity contribution is 0.239. The van der Waals surface area contributed by atoms with Gasteiger partial charge in [0, 0.05) is 19.0 Å². The second-order valence-corrected chi connectivity index (χ2v) is 4.90. The minimum absolute atomic E-state index is 0.0547. The Kier molecular flexibility index (Phi) is 7.39. The smallest absolute Gasteiger partial charge is 0.314 e. The maximum Gasteiger partial charge on any atom is 0.314 e. The van der Waals surface area contributed by atoms with Crippen molar-refractivity contribution < 1.29 is 4.79 Å². The van der Waals surface area contributed by atoms with Gasteiger partial charge in [0.05, 0.1) is 0 Å². The fourth-order valence-electron chi connectivity index (χ4n) is 2.20. The highest BCUT2D eigenvalue weighted by atomic mass is 35.5. The normalized spacial score (nSPS) is 17.1. The first-order chi connectivity index (χ1) is 7.83. The molecule has 0 atom stereocenters. The molecule has 16 heavy (non-hydrogen) atoms. The molecule has 2 amide bonds. The van der Waals surface area contributed by atoms with Crippen molar-refractivity contribution in [1.82, 2.24) is 10.6 Å². The molecule has 0 aliphatic heterocycles. The number of carbonyl (C=O) groups excluding carboxylic acids is 1. The van der Waals surface area contributed by atoms with E-state index in [0.29, 0.717) is 12.4 Å². The standard InChI is InChI=1S/C12H23ClN2O/c13-8-4-9-14-12(16)15-10-7-11-5-2-1-3-6-11/h11H,1-10H2,(H2,14,15,16). The van der Waals surface area contributed by atoms with Crippen molar-refractivity contribution in [3.63, 3.8) is 0 Å². The highest BCUT2D eigenvalue weighted by Crippen LogP contribution is 2.25. The van der Waals surface area contributed by atoms with Crippen LogP contribution in [0.5, 0.6) is 0 Å². The first kappa shape index (κ1) is 13.6. The van der Waals surface area contributed by atoms with E-state index in [1.165, 1.54) is 32.1 Å². The van der Waals surface area contributed by atoms with Gasteiger partial charge in [-0.3, -0.25) is 0 Å². The lowest BCUT2D eigenvalue weighted by Gasteiger charge is -2.21. The molecule has 0 aromatic rings. The van der Waals surface area contributed by atoms with Gasteiger partial charge in [-0.05, 0) is 18.8 Å². The summed E-state index contributed by atoms with van der Waals surface area (Å²) < 4.78 is 0. The first-order valence-electron chi connectivity index (χ1n) is 6.40. The van der Waals surface area contributed by atoms with Crippen LogP contribution in [0.1, 0.15) is 44.9 Å². The summed E-state index contributed by atoms with van der Waals surface area (Å²) in [7, 11) is 0. The van der Waals surface area contributed by atoms with Gasteiger partial charge < -0.3 is 10.6 Å².